The van der Waals surface area contributed by atoms with Crippen LogP contribution in [0.2, 0.25) is 0 Å². The van der Waals surface area contributed by atoms with Gasteiger partial charge in [-0.3, -0.25) is 4.79 Å². The summed E-state index contributed by atoms with van der Waals surface area (Å²) in [6, 6.07) is 8.56. The first-order valence-corrected chi connectivity index (χ1v) is 8.05. The first-order chi connectivity index (χ1) is 11.1. The Morgan fingerprint density at radius 2 is 1.96 bits per heavy atom. The number of benzene rings is 1. The number of nitrogens with one attached hydrogen (secondary N) is 2. The number of primary amides is 1. The Labute approximate surface area is 142 Å². The molecule has 7 heteroatoms. The number of aromatic nitrogens is 1. The lowest BCUT2D eigenvalue weighted by Crippen LogP contribution is -2.17. The molecule has 2 rings (SSSR count). The second-order valence-electron chi connectivity index (χ2n) is 4.95. The van der Waals surface area contributed by atoms with Crippen LogP contribution in [-0.4, -0.2) is 24.0 Å². The number of hydrogen-bond acceptors (Lipinski definition) is 4. The van der Waals surface area contributed by atoms with Gasteiger partial charge in [-0.15, -0.1) is 0 Å². The highest BCUT2D eigenvalue weighted by Crippen LogP contribution is 2.24. The van der Waals surface area contributed by atoms with Gasteiger partial charge in [0.1, 0.15) is 11.6 Å². The lowest BCUT2D eigenvalue weighted by Gasteiger charge is -2.12. The van der Waals surface area contributed by atoms with Crippen LogP contribution in [0.5, 0.6) is 0 Å². The molecule has 0 aliphatic heterocycles. The molecule has 4 N–H and O–H groups in total. The van der Waals surface area contributed by atoms with E-state index in [0.29, 0.717) is 16.7 Å². The minimum atomic E-state index is -0.783. The van der Waals surface area contributed by atoms with E-state index in [1.165, 1.54) is 6.07 Å². The van der Waals surface area contributed by atoms with Gasteiger partial charge < -0.3 is 16.4 Å². The van der Waals surface area contributed by atoms with Gasteiger partial charge in [-0.25, -0.2) is 9.37 Å². The van der Waals surface area contributed by atoms with Crippen molar-refractivity contribution in [3.63, 3.8) is 0 Å². The van der Waals surface area contributed by atoms with Crippen LogP contribution in [0.3, 0.4) is 0 Å². The normalized spacial score (nSPS) is 10.3. The van der Waals surface area contributed by atoms with Crippen molar-refractivity contribution in [1.82, 2.24) is 4.98 Å². The Bertz CT molecular complexity index is 667. The predicted molar refractivity (Wildman–Crippen MR) is 93.1 cm³/mol. The van der Waals surface area contributed by atoms with Crippen molar-refractivity contribution in [2.75, 3.05) is 23.7 Å². The van der Waals surface area contributed by atoms with Crippen LogP contribution >= 0.6 is 15.9 Å². The molecular weight excluding hydrogens is 363 g/mol. The number of rotatable bonds is 8. The van der Waals surface area contributed by atoms with Gasteiger partial charge in [-0.1, -0.05) is 22.0 Å². The molecular formula is C16H18BrFN4O. The SMILES string of the molecule is NC(=O)c1c(F)cc(Br)cc1NCCCCNc1ccccn1. The van der Waals surface area contributed by atoms with Gasteiger partial charge in [0.25, 0.3) is 5.91 Å². The van der Waals surface area contributed by atoms with Gasteiger partial charge in [0, 0.05) is 23.8 Å². The van der Waals surface area contributed by atoms with Crippen LogP contribution < -0.4 is 16.4 Å². The predicted octanol–water partition coefficient (Wildman–Crippen LogP) is 3.39. The van der Waals surface area contributed by atoms with Crippen LogP contribution in [0.4, 0.5) is 15.9 Å². The zero-order chi connectivity index (χ0) is 16.7. The van der Waals surface area contributed by atoms with E-state index in [1.807, 2.05) is 18.2 Å². The van der Waals surface area contributed by atoms with Crippen molar-refractivity contribution in [2.24, 2.45) is 5.73 Å². The van der Waals surface area contributed by atoms with E-state index >= 15 is 0 Å². The average Bonchev–Trinajstić information content (AvgIpc) is 2.50. The topological polar surface area (TPSA) is 80.0 Å². The number of amides is 1. The molecule has 23 heavy (non-hydrogen) atoms. The number of halogens is 2. The number of pyridine rings is 1. The number of nitrogens with two attached hydrogens (primary N) is 1. The average molecular weight is 381 g/mol. The number of anilines is 2. The van der Waals surface area contributed by atoms with Crippen LogP contribution in [0, 0.1) is 5.82 Å². The molecule has 0 aliphatic carbocycles. The fraction of sp³-hybridized carbons (Fsp3) is 0.250. The third-order valence-corrected chi connectivity index (χ3v) is 3.65. The molecule has 0 fully saturated rings. The molecule has 5 nitrogen and oxygen atoms in total. The highest BCUT2D eigenvalue weighted by molar-refractivity contribution is 9.10. The number of carbonyl (C=O) groups is 1. The Kier molecular flexibility index (Phi) is 6.34. The molecule has 0 saturated carbocycles. The first kappa shape index (κ1) is 17.2. The lowest BCUT2D eigenvalue weighted by atomic mass is 10.1. The Morgan fingerprint density at radius 3 is 2.61 bits per heavy atom. The van der Waals surface area contributed by atoms with Crippen molar-refractivity contribution < 1.29 is 9.18 Å². The summed E-state index contributed by atoms with van der Waals surface area (Å²) in [4.78, 5) is 15.5. The zero-order valence-corrected chi connectivity index (χ0v) is 14.1. The summed E-state index contributed by atoms with van der Waals surface area (Å²) in [7, 11) is 0. The van der Waals surface area contributed by atoms with E-state index in [-0.39, 0.29) is 5.56 Å². The molecule has 0 bridgehead atoms. The minimum absolute atomic E-state index is 0.111. The third-order valence-electron chi connectivity index (χ3n) is 3.19. The van der Waals surface area contributed by atoms with E-state index in [2.05, 4.69) is 31.5 Å². The van der Waals surface area contributed by atoms with Gasteiger partial charge in [0.2, 0.25) is 0 Å². The highest BCUT2D eigenvalue weighted by atomic mass is 79.9. The quantitative estimate of drug-likeness (QED) is 0.613. The maximum atomic E-state index is 13.8. The molecule has 1 aromatic heterocycles. The summed E-state index contributed by atoms with van der Waals surface area (Å²) in [5.41, 5.74) is 5.52. The maximum absolute atomic E-state index is 13.8. The standard InChI is InChI=1S/C16H18BrFN4O/c17-11-9-12(18)15(16(19)23)13(10-11)20-6-3-4-8-22-14-5-1-2-7-21-14/h1-2,5,7,9-10,20H,3-4,6,8H2,(H2,19,23)(H,21,22). The van der Waals surface area contributed by atoms with Crippen molar-refractivity contribution >= 4 is 33.3 Å². The second kappa shape index (κ2) is 8.47. The zero-order valence-electron chi connectivity index (χ0n) is 12.5. The van der Waals surface area contributed by atoms with Crippen molar-refractivity contribution in [1.29, 1.82) is 0 Å². The summed E-state index contributed by atoms with van der Waals surface area (Å²) in [6.45, 7) is 1.40. The van der Waals surface area contributed by atoms with Crippen molar-refractivity contribution in [3.05, 3.63) is 52.4 Å². The van der Waals surface area contributed by atoms with E-state index < -0.39 is 11.7 Å². The van der Waals surface area contributed by atoms with Crippen LogP contribution in [-0.2, 0) is 0 Å². The molecule has 1 aromatic carbocycles. The summed E-state index contributed by atoms with van der Waals surface area (Å²) in [5, 5.41) is 6.27. The third kappa shape index (κ3) is 5.21. The summed E-state index contributed by atoms with van der Waals surface area (Å²) < 4.78 is 14.3. The second-order valence-corrected chi connectivity index (χ2v) is 5.87. The molecule has 0 atom stereocenters. The molecule has 0 saturated heterocycles. The van der Waals surface area contributed by atoms with Crippen LogP contribution in [0.15, 0.2) is 41.0 Å². The van der Waals surface area contributed by atoms with Gasteiger partial charge in [0.15, 0.2) is 0 Å². The Morgan fingerprint density at radius 1 is 1.22 bits per heavy atom. The van der Waals surface area contributed by atoms with E-state index in [9.17, 15) is 9.18 Å². The smallest absolute Gasteiger partial charge is 0.253 e. The molecule has 1 heterocycles. The largest absolute Gasteiger partial charge is 0.384 e. The van der Waals surface area contributed by atoms with Gasteiger partial charge in [-0.05, 0) is 37.1 Å². The molecule has 0 spiro atoms. The van der Waals surface area contributed by atoms with Gasteiger partial charge in [-0.2, -0.15) is 0 Å². The van der Waals surface area contributed by atoms with E-state index in [1.54, 1.807) is 12.3 Å². The minimum Gasteiger partial charge on any atom is -0.384 e. The Balaban J connectivity index is 1.79. The molecule has 2 aromatic rings. The lowest BCUT2D eigenvalue weighted by molar-refractivity contribution is 0.0997. The fourth-order valence-electron chi connectivity index (χ4n) is 2.12. The molecule has 0 unspecified atom stereocenters. The molecule has 1 amide bonds. The first-order valence-electron chi connectivity index (χ1n) is 7.25. The van der Waals surface area contributed by atoms with E-state index in [4.69, 9.17) is 5.73 Å². The van der Waals surface area contributed by atoms with Crippen molar-refractivity contribution in [3.8, 4) is 0 Å². The molecule has 0 radical (unpaired) electrons. The number of hydrogen-bond donors (Lipinski definition) is 3. The fourth-order valence-corrected chi connectivity index (χ4v) is 2.55. The summed E-state index contributed by atoms with van der Waals surface area (Å²) in [6.07, 6.45) is 3.50. The van der Waals surface area contributed by atoms with Crippen LogP contribution in [0.25, 0.3) is 0 Å². The summed E-state index contributed by atoms with van der Waals surface area (Å²) in [5.74, 6) is -0.578. The van der Waals surface area contributed by atoms with Gasteiger partial charge >= 0.3 is 0 Å². The maximum Gasteiger partial charge on any atom is 0.253 e. The number of nitrogens with zero attached hydrogens (tertiary/aromatic N) is 1. The van der Waals surface area contributed by atoms with E-state index in [0.717, 1.165) is 25.2 Å². The summed E-state index contributed by atoms with van der Waals surface area (Å²) >= 11 is 3.21. The Hall–Kier alpha value is -2.15. The molecule has 122 valence electrons. The number of unbranched alkanes of at least 4 members (excludes halogenated alkanes) is 1. The number of carbonyl (C=O) groups excluding carboxylic acids is 1. The highest BCUT2D eigenvalue weighted by Gasteiger charge is 2.15. The van der Waals surface area contributed by atoms with Crippen molar-refractivity contribution in [2.45, 2.75) is 12.8 Å². The molecule has 0 aliphatic rings. The van der Waals surface area contributed by atoms with Crippen LogP contribution in [0.1, 0.15) is 23.2 Å². The van der Waals surface area contributed by atoms with Gasteiger partial charge in [0.05, 0.1) is 11.3 Å². The monoisotopic (exact) mass is 380 g/mol.